The molecule has 0 aliphatic heterocycles. The lowest BCUT2D eigenvalue weighted by Gasteiger charge is -2.21. The first-order valence-electron chi connectivity index (χ1n) is 7.05. The highest BCUT2D eigenvalue weighted by molar-refractivity contribution is 8.03. The summed E-state index contributed by atoms with van der Waals surface area (Å²) in [6.07, 6.45) is 4.46. The minimum absolute atomic E-state index is 0.168. The van der Waals surface area contributed by atoms with E-state index in [2.05, 4.69) is 15.3 Å². The lowest BCUT2D eigenvalue weighted by molar-refractivity contribution is 0.0978. The highest BCUT2D eigenvalue weighted by Crippen LogP contribution is 2.32. The maximum absolute atomic E-state index is 12.8. The molecule has 0 amide bonds. The monoisotopic (exact) mass is 325 g/mol. The Kier molecular flexibility index (Phi) is 4.00. The molecule has 2 aromatic rings. The summed E-state index contributed by atoms with van der Waals surface area (Å²) in [6.45, 7) is 3.92. The Morgan fingerprint density at radius 1 is 1.09 bits per heavy atom. The van der Waals surface area contributed by atoms with Crippen LogP contribution in [0.3, 0.4) is 0 Å². The molecule has 0 fully saturated rings. The Morgan fingerprint density at radius 3 is 2.43 bits per heavy atom. The van der Waals surface area contributed by atoms with Crippen molar-refractivity contribution in [3.8, 4) is 0 Å². The van der Waals surface area contributed by atoms with E-state index in [0.29, 0.717) is 10.6 Å². The van der Waals surface area contributed by atoms with Crippen molar-refractivity contribution in [3.05, 3.63) is 63.7 Å². The molecule has 3 rings (SSSR count). The van der Waals surface area contributed by atoms with Gasteiger partial charge in [0, 0.05) is 11.9 Å². The number of ketones is 2. The second-order valence-corrected chi connectivity index (χ2v) is 6.06. The lowest BCUT2D eigenvalue weighted by Crippen LogP contribution is -2.26. The van der Waals surface area contributed by atoms with Gasteiger partial charge < -0.3 is 5.32 Å². The Morgan fingerprint density at radius 2 is 1.78 bits per heavy atom. The molecule has 6 heteroatoms. The van der Waals surface area contributed by atoms with Crippen LogP contribution >= 0.6 is 11.8 Å². The fourth-order valence-corrected chi connectivity index (χ4v) is 3.21. The average molecular weight is 325 g/mol. The van der Waals surface area contributed by atoms with Crippen molar-refractivity contribution in [2.24, 2.45) is 0 Å². The van der Waals surface area contributed by atoms with E-state index in [1.54, 1.807) is 6.26 Å². The number of rotatable bonds is 3. The molecule has 0 spiro atoms. The summed E-state index contributed by atoms with van der Waals surface area (Å²) in [5, 5.41) is 3.17. The molecule has 1 aromatic carbocycles. The minimum Gasteiger partial charge on any atom is -0.351 e. The smallest absolute Gasteiger partial charge is 0.220 e. The first kappa shape index (κ1) is 15.4. The fourth-order valence-electron chi connectivity index (χ4n) is 2.58. The quantitative estimate of drug-likeness (QED) is 0.934. The number of para-hydroxylation sites is 1. The van der Waals surface area contributed by atoms with Crippen LogP contribution in [0.5, 0.6) is 0 Å². The summed E-state index contributed by atoms with van der Waals surface area (Å²) in [7, 11) is 0. The van der Waals surface area contributed by atoms with Gasteiger partial charge in [-0.2, -0.15) is 0 Å². The van der Waals surface area contributed by atoms with E-state index < -0.39 is 0 Å². The van der Waals surface area contributed by atoms with Crippen molar-refractivity contribution in [1.82, 2.24) is 9.97 Å². The van der Waals surface area contributed by atoms with Gasteiger partial charge in [-0.3, -0.25) is 9.59 Å². The first-order chi connectivity index (χ1) is 11.0. The van der Waals surface area contributed by atoms with Gasteiger partial charge in [0.25, 0.3) is 0 Å². The number of benzene rings is 1. The number of anilines is 1. The summed E-state index contributed by atoms with van der Waals surface area (Å²) in [4.78, 5) is 33.6. The molecule has 0 unspecified atom stereocenters. The van der Waals surface area contributed by atoms with E-state index in [-0.39, 0.29) is 22.8 Å². The number of nitrogens with one attached hydrogen (secondary N) is 1. The average Bonchev–Trinajstić information content (AvgIpc) is 2.55. The summed E-state index contributed by atoms with van der Waals surface area (Å²) < 4.78 is 0. The van der Waals surface area contributed by atoms with Crippen LogP contribution in [0.2, 0.25) is 0 Å². The molecule has 1 aromatic heterocycles. The van der Waals surface area contributed by atoms with Crippen molar-refractivity contribution < 1.29 is 9.59 Å². The number of carbonyl (C=O) groups excluding carboxylic acids is 2. The second-order valence-electron chi connectivity index (χ2n) is 5.24. The molecular formula is C17H15N3O2S. The maximum atomic E-state index is 12.8. The topological polar surface area (TPSA) is 72.0 Å². The predicted molar refractivity (Wildman–Crippen MR) is 90.8 cm³/mol. The molecule has 5 nitrogen and oxygen atoms in total. The third-order valence-corrected chi connectivity index (χ3v) is 4.57. The zero-order valence-corrected chi connectivity index (χ0v) is 13.8. The third kappa shape index (κ3) is 2.55. The maximum Gasteiger partial charge on any atom is 0.220 e. The van der Waals surface area contributed by atoms with Crippen molar-refractivity contribution in [2.45, 2.75) is 13.8 Å². The third-order valence-electron chi connectivity index (χ3n) is 3.77. The molecule has 116 valence electrons. The predicted octanol–water partition coefficient (Wildman–Crippen LogP) is 3.16. The molecule has 23 heavy (non-hydrogen) atoms. The van der Waals surface area contributed by atoms with Gasteiger partial charge in [0.15, 0.2) is 0 Å². The van der Waals surface area contributed by atoms with E-state index in [1.165, 1.54) is 24.3 Å². The van der Waals surface area contributed by atoms with Crippen molar-refractivity contribution >= 4 is 29.0 Å². The Bertz CT molecular complexity index is 838. The van der Waals surface area contributed by atoms with Gasteiger partial charge in [0.2, 0.25) is 11.6 Å². The molecule has 0 saturated carbocycles. The number of allylic oxidation sites excluding steroid dienone is 2. The van der Waals surface area contributed by atoms with Gasteiger partial charge in [-0.05, 0) is 31.2 Å². The molecular weight excluding hydrogens is 310 g/mol. The summed E-state index contributed by atoms with van der Waals surface area (Å²) in [6, 6.07) is 5.87. The molecule has 0 radical (unpaired) electrons. The fraction of sp³-hybridized carbons (Fsp3) is 0.176. The van der Waals surface area contributed by atoms with E-state index >= 15 is 0 Å². The van der Waals surface area contributed by atoms with Crippen LogP contribution in [0.25, 0.3) is 0 Å². The number of aryl methyl sites for hydroxylation is 2. The molecule has 1 aliphatic rings. The van der Waals surface area contributed by atoms with Gasteiger partial charge in [0.1, 0.15) is 17.7 Å². The summed E-state index contributed by atoms with van der Waals surface area (Å²) in [5.41, 5.74) is 3.56. The van der Waals surface area contributed by atoms with Gasteiger partial charge in [-0.25, -0.2) is 9.97 Å². The Labute approximate surface area is 138 Å². The lowest BCUT2D eigenvalue weighted by atomic mass is 9.97. The highest BCUT2D eigenvalue weighted by atomic mass is 32.2. The standard InChI is InChI=1S/C17H15N3O2S/c1-9-5-4-6-10(2)12(9)20-14-15(21)11-7-18-8-19-13(11)16(22)17(14)23-3/h4-8,20H,1-3H3. The Hall–Kier alpha value is -2.47. The van der Waals surface area contributed by atoms with Crippen LogP contribution in [-0.2, 0) is 0 Å². The molecule has 1 heterocycles. The van der Waals surface area contributed by atoms with Crippen LogP contribution < -0.4 is 5.32 Å². The number of nitrogens with zero attached hydrogens (tertiary/aromatic N) is 2. The van der Waals surface area contributed by atoms with E-state index in [9.17, 15) is 9.59 Å². The zero-order valence-electron chi connectivity index (χ0n) is 13.0. The first-order valence-corrected chi connectivity index (χ1v) is 8.28. The van der Waals surface area contributed by atoms with Gasteiger partial charge >= 0.3 is 0 Å². The van der Waals surface area contributed by atoms with Crippen molar-refractivity contribution in [3.63, 3.8) is 0 Å². The Balaban J connectivity index is 2.13. The summed E-state index contributed by atoms with van der Waals surface area (Å²) in [5.74, 6) is -0.504. The number of aromatic nitrogens is 2. The molecule has 0 bridgehead atoms. The normalized spacial score (nSPS) is 14.0. The van der Waals surface area contributed by atoms with Crippen LogP contribution in [0, 0.1) is 13.8 Å². The number of Topliss-reactive ketones (excluding diaryl/α,β-unsaturated/α-hetero) is 2. The van der Waals surface area contributed by atoms with E-state index in [4.69, 9.17) is 0 Å². The molecule has 1 N–H and O–H groups in total. The highest BCUT2D eigenvalue weighted by Gasteiger charge is 2.33. The van der Waals surface area contributed by atoms with Gasteiger partial charge in [-0.1, -0.05) is 18.2 Å². The number of thioether (sulfide) groups is 1. The molecule has 1 aliphatic carbocycles. The number of carbonyl (C=O) groups is 2. The van der Waals surface area contributed by atoms with E-state index in [0.717, 1.165) is 16.8 Å². The van der Waals surface area contributed by atoms with Crippen LogP contribution in [0.15, 0.2) is 41.3 Å². The van der Waals surface area contributed by atoms with E-state index in [1.807, 2.05) is 32.0 Å². The van der Waals surface area contributed by atoms with Gasteiger partial charge in [-0.15, -0.1) is 11.8 Å². The van der Waals surface area contributed by atoms with Crippen molar-refractivity contribution in [1.29, 1.82) is 0 Å². The van der Waals surface area contributed by atoms with Crippen LogP contribution in [-0.4, -0.2) is 27.8 Å². The largest absolute Gasteiger partial charge is 0.351 e. The van der Waals surface area contributed by atoms with Gasteiger partial charge in [0.05, 0.1) is 10.5 Å². The van der Waals surface area contributed by atoms with Crippen LogP contribution in [0.4, 0.5) is 5.69 Å². The zero-order chi connectivity index (χ0) is 16.6. The second kappa shape index (κ2) is 5.96. The number of fused-ring (bicyclic) bond motifs is 1. The minimum atomic E-state index is -0.257. The number of hydrogen-bond acceptors (Lipinski definition) is 6. The molecule has 0 saturated heterocycles. The SMILES string of the molecule is CSC1=C(Nc2c(C)cccc2C)C(=O)c2cncnc2C1=O. The summed E-state index contributed by atoms with van der Waals surface area (Å²) >= 11 is 1.25. The van der Waals surface area contributed by atoms with Crippen LogP contribution in [0.1, 0.15) is 32.0 Å². The van der Waals surface area contributed by atoms with Crippen molar-refractivity contribution in [2.75, 3.05) is 11.6 Å². The number of hydrogen-bond donors (Lipinski definition) is 1. The molecule has 0 atom stereocenters.